The molecular formula is C35H44N2O5. The molecule has 0 atom stereocenters. The second-order valence-electron chi connectivity index (χ2n) is 10.5. The van der Waals surface area contributed by atoms with E-state index in [-0.39, 0.29) is 12.3 Å². The number of hydrogen-bond donors (Lipinski definition) is 2. The molecule has 0 fully saturated rings. The molecule has 0 saturated carbocycles. The number of nitrogens with one attached hydrogen (secondary N) is 1. The van der Waals surface area contributed by atoms with Gasteiger partial charge < -0.3 is 19.9 Å². The van der Waals surface area contributed by atoms with E-state index in [0.717, 1.165) is 55.7 Å². The zero-order valence-corrected chi connectivity index (χ0v) is 25.1. The zero-order valence-electron chi connectivity index (χ0n) is 25.1. The SMILES string of the molecule is CCCCOc1ccccc1CCCCOc1cccc(C=Cc2cccc(NC(=O)CC(CC)(CC)C(=O)O)c2)n1. The summed E-state index contributed by atoms with van der Waals surface area (Å²) in [5.74, 6) is 0.315. The number of carboxylic acids is 1. The number of nitrogens with zero attached hydrogens (tertiary/aromatic N) is 1. The van der Waals surface area contributed by atoms with Crippen molar-refractivity contribution in [1.82, 2.24) is 4.98 Å². The van der Waals surface area contributed by atoms with Crippen molar-refractivity contribution in [1.29, 1.82) is 0 Å². The van der Waals surface area contributed by atoms with Crippen LogP contribution >= 0.6 is 0 Å². The van der Waals surface area contributed by atoms with Crippen LogP contribution in [0.5, 0.6) is 11.6 Å². The number of aryl methyl sites for hydroxylation is 1. The van der Waals surface area contributed by atoms with E-state index in [1.54, 1.807) is 19.9 Å². The van der Waals surface area contributed by atoms with E-state index in [2.05, 4.69) is 29.4 Å². The molecule has 0 aliphatic carbocycles. The average molecular weight is 573 g/mol. The van der Waals surface area contributed by atoms with Crippen molar-refractivity contribution in [2.75, 3.05) is 18.5 Å². The highest BCUT2D eigenvalue weighted by Gasteiger charge is 2.37. The van der Waals surface area contributed by atoms with Crippen LogP contribution in [0.2, 0.25) is 0 Å². The van der Waals surface area contributed by atoms with E-state index in [9.17, 15) is 14.7 Å². The van der Waals surface area contributed by atoms with Crippen LogP contribution < -0.4 is 14.8 Å². The van der Waals surface area contributed by atoms with E-state index in [4.69, 9.17) is 9.47 Å². The number of aromatic nitrogens is 1. The summed E-state index contributed by atoms with van der Waals surface area (Å²) < 4.78 is 11.9. The predicted molar refractivity (Wildman–Crippen MR) is 169 cm³/mol. The summed E-state index contributed by atoms with van der Waals surface area (Å²) in [7, 11) is 0. The molecule has 2 N–H and O–H groups in total. The minimum absolute atomic E-state index is 0.0626. The third kappa shape index (κ3) is 10.1. The first-order chi connectivity index (χ1) is 20.4. The molecule has 0 radical (unpaired) electrons. The molecule has 7 heteroatoms. The van der Waals surface area contributed by atoms with Gasteiger partial charge in [-0.2, -0.15) is 0 Å². The monoisotopic (exact) mass is 572 g/mol. The minimum Gasteiger partial charge on any atom is -0.493 e. The standard InChI is InChI=1S/C35H44N2O5/c1-4-7-23-41-31-19-9-8-15-28(31)16-10-11-24-42-33-20-13-17-29(37-33)22-21-27-14-12-18-30(25-27)36-32(38)26-35(5-2,6-3)34(39)40/h8-9,12-15,17-22,25H,4-7,10-11,16,23-24,26H2,1-3H3,(H,36,38)(H,39,40). The zero-order chi connectivity index (χ0) is 30.2. The predicted octanol–water partition coefficient (Wildman–Crippen LogP) is 8.05. The molecule has 3 rings (SSSR count). The van der Waals surface area contributed by atoms with Crippen LogP contribution in [-0.4, -0.2) is 35.2 Å². The molecular weight excluding hydrogens is 528 g/mol. The van der Waals surface area contributed by atoms with Crippen LogP contribution in [0.4, 0.5) is 5.69 Å². The van der Waals surface area contributed by atoms with E-state index in [1.807, 2.05) is 60.7 Å². The topological polar surface area (TPSA) is 97.8 Å². The summed E-state index contributed by atoms with van der Waals surface area (Å²) in [6.45, 7) is 7.10. The Morgan fingerprint density at radius 3 is 2.40 bits per heavy atom. The maximum Gasteiger partial charge on any atom is 0.310 e. The van der Waals surface area contributed by atoms with E-state index >= 15 is 0 Å². The van der Waals surface area contributed by atoms with Crippen molar-refractivity contribution in [3.8, 4) is 11.6 Å². The lowest BCUT2D eigenvalue weighted by atomic mass is 9.79. The second-order valence-corrected chi connectivity index (χ2v) is 10.5. The van der Waals surface area contributed by atoms with Crippen molar-refractivity contribution in [2.24, 2.45) is 5.41 Å². The molecule has 224 valence electrons. The van der Waals surface area contributed by atoms with Gasteiger partial charge in [-0.05, 0) is 80.0 Å². The molecule has 0 aliphatic heterocycles. The molecule has 0 spiro atoms. The summed E-state index contributed by atoms with van der Waals surface area (Å²) in [4.78, 5) is 29.0. The number of pyridine rings is 1. The lowest BCUT2D eigenvalue weighted by Crippen LogP contribution is -2.34. The first kappa shape index (κ1) is 32.4. The van der Waals surface area contributed by atoms with Crippen molar-refractivity contribution in [3.63, 3.8) is 0 Å². The largest absolute Gasteiger partial charge is 0.493 e. The number of benzene rings is 2. The molecule has 3 aromatic rings. The molecule has 1 aromatic heterocycles. The fourth-order valence-electron chi connectivity index (χ4n) is 4.67. The Morgan fingerprint density at radius 1 is 0.881 bits per heavy atom. The van der Waals surface area contributed by atoms with Gasteiger partial charge in [0.05, 0.1) is 24.3 Å². The number of ether oxygens (including phenoxy) is 2. The van der Waals surface area contributed by atoms with Crippen LogP contribution in [0, 0.1) is 5.41 Å². The highest BCUT2D eigenvalue weighted by atomic mass is 16.5. The van der Waals surface area contributed by atoms with Gasteiger partial charge in [0, 0.05) is 18.2 Å². The fraction of sp³-hybridized carbons (Fsp3) is 0.400. The van der Waals surface area contributed by atoms with E-state index in [0.29, 0.717) is 31.0 Å². The van der Waals surface area contributed by atoms with Crippen LogP contribution in [0.15, 0.2) is 66.7 Å². The van der Waals surface area contributed by atoms with Crippen molar-refractivity contribution >= 4 is 29.7 Å². The van der Waals surface area contributed by atoms with Gasteiger partial charge in [-0.15, -0.1) is 0 Å². The number of para-hydroxylation sites is 1. The Kier molecular flexibility index (Phi) is 13.1. The highest BCUT2D eigenvalue weighted by Crippen LogP contribution is 2.31. The van der Waals surface area contributed by atoms with Gasteiger partial charge in [-0.25, -0.2) is 4.98 Å². The van der Waals surface area contributed by atoms with Crippen LogP contribution in [-0.2, 0) is 16.0 Å². The Bertz CT molecular complexity index is 1320. The molecule has 0 bridgehead atoms. The number of carboxylic acid groups (broad SMARTS) is 1. The number of amides is 1. The van der Waals surface area contributed by atoms with Gasteiger partial charge in [-0.3, -0.25) is 9.59 Å². The lowest BCUT2D eigenvalue weighted by Gasteiger charge is -2.25. The van der Waals surface area contributed by atoms with Crippen molar-refractivity contribution in [3.05, 3.63) is 83.6 Å². The number of carbonyl (C=O) groups excluding carboxylic acids is 1. The van der Waals surface area contributed by atoms with Crippen molar-refractivity contribution in [2.45, 2.75) is 72.1 Å². The maximum atomic E-state index is 12.6. The number of rotatable bonds is 18. The average Bonchev–Trinajstić information content (AvgIpc) is 3.00. The first-order valence-electron chi connectivity index (χ1n) is 15.0. The van der Waals surface area contributed by atoms with E-state index < -0.39 is 11.4 Å². The third-order valence-corrected chi connectivity index (χ3v) is 7.49. The van der Waals surface area contributed by atoms with Crippen molar-refractivity contribution < 1.29 is 24.2 Å². The Morgan fingerprint density at radius 2 is 1.64 bits per heavy atom. The molecule has 0 unspecified atom stereocenters. The second kappa shape index (κ2) is 17.0. The number of aliphatic carboxylic acids is 1. The summed E-state index contributed by atoms with van der Waals surface area (Å²) >= 11 is 0. The van der Waals surface area contributed by atoms with Gasteiger partial charge in [-0.1, -0.05) is 69.7 Å². The first-order valence-corrected chi connectivity index (χ1v) is 15.0. The van der Waals surface area contributed by atoms with Gasteiger partial charge in [0.15, 0.2) is 0 Å². The minimum atomic E-state index is -1.05. The number of unbranched alkanes of at least 4 members (excludes halogenated alkanes) is 2. The van der Waals surface area contributed by atoms with E-state index in [1.165, 1.54) is 5.56 Å². The summed E-state index contributed by atoms with van der Waals surface area (Å²) in [6, 6.07) is 21.3. The van der Waals surface area contributed by atoms with Crippen LogP contribution in [0.1, 0.15) is 82.5 Å². The normalized spacial score (nSPS) is 11.4. The quantitative estimate of drug-likeness (QED) is 0.150. The smallest absolute Gasteiger partial charge is 0.310 e. The molecule has 0 saturated heterocycles. The highest BCUT2D eigenvalue weighted by molar-refractivity contribution is 5.94. The molecule has 2 aromatic carbocycles. The summed E-state index contributed by atoms with van der Waals surface area (Å²) in [5, 5.41) is 12.5. The Labute approximate surface area is 250 Å². The van der Waals surface area contributed by atoms with Gasteiger partial charge >= 0.3 is 5.97 Å². The van der Waals surface area contributed by atoms with Gasteiger partial charge in [0.1, 0.15) is 5.75 Å². The summed E-state index contributed by atoms with van der Waals surface area (Å²) in [5.41, 5.74) is 2.45. The third-order valence-electron chi connectivity index (χ3n) is 7.49. The molecule has 42 heavy (non-hydrogen) atoms. The molecule has 7 nitrogen and oxygen atoms in total. The fourth-order valence-corrected chi connectivity index (χ4v) is 4.67. The lowest BCUT2D eigenvalue weighted by molar-refractivity contribution is -0.151. The Balaban J connectivity index is 1.49. The molecule has 1 heterocycles. The summed E-state index contributed by atoms with van der Waals surface area (Å²) in [6.07, 6.45) is 9.57. The number of hydrogen-bond acceptors (Lipinski definition) is 5. The molecule has 1 amide bonds. The molecule has 0 aliphatic rings. The number of anilines is 1. The van der Waals surface area contributed by atoms with Crippen LogP contribution in [0.25, 0.3) is 12.2 Å². The maximum absolute atomic E-state index is 12.6. The Hall–Kier alpha value is -4.13. The number of carbonyl (C=O) groups is 2. The van der Waals surface area contributed by atoms with Crippen LogP contribution in [0.3, 0.4) is 0 Å². The van der Waals surface area contributed by atoms with Gasteiger partial charge in [0.2, 0.25) is 11.8 Å². The van der Waals surface area contributed by atoms with Gasteiger partial charge in [0.25, 0.3) is 0 Å².